The van der Waals surface area contributed by atoms with Gasteiger partial charge in [0.1, 0.15) is 21.7 Å². The van der Waals surface area contributed by atoms with Gasteiger partial charge in [-0.1, -0.05) is 30.0 Å². The van der Waals surface area contributed by atoms with Crippen LogP contribution in [-0.2, 0) is 9.59 Å². The van der Waals surface area contributed by atoms with Crippen LogP contribution in [-0.4, -0.2) is 49.8 Å². The molecule has 4 rings (SSSR count). The predicted octanol–water partition coefficient (Wildman–Crippen LogP) is 4.26. The molecule has 5 N–H and O–H groups in total. The summed E-state index contributed by atoms with van der Waals surface area (Å²) >= 11 is 7.63. The Morgan fingerprint density at radius 3 is 2.57 bits per heavy atom. The number of amides is 2. The average Bonchev–Trinajstić information content (AvgIpc) is 3.41. The lowest BCUT2D eigenvalue weighted by Crippen LogP contribution is -2.46. The number of benzene rings is 2. The summed E-state index contributed by atoms with van der Waals surface area (Å²) < 4.78 is 27.0. The molecule has 0 saturated carbocycles. The summed E-state index contributed by atoms with van der Waals surface area (Å²) in [6.45, 7) is -0.211. The molecular weight excluding hydrogens is 544 g/mol. The monoisotopic (exact) mass is 561 g/mol. The van der Waals surface area contributed by atoms with Crippen molar-refractivity contribution in [2.24, 2.45) is 5.73 Å². The molecule has 0 unspecified atom stereocenters. The molecule has 1 atom stereocenters. The quantitative estimate of drug-likeness (QED) is 0.248. The van der Waals surface area contributed by atoms with E-state index < -0.39 is 41.2 Å². The molecule has 1 aliphatic heterocycles. The molecule has 1 fully saturated rings. The molecule has 2 aromatic carbocycles. The number of thiophene rings is 1. The van der Waals surface area contributed by atoms with Crippen molar-refractivity contribution in [2.45, 2.75) is 6.04 Å². The lowest BCUT2D eigenvalue weighted by Gasteiger charge is -2.19. The number of carboxylic acid groups (broad SMARTS) is 1. The fraction of sp³-hybridized carbons (Fsp3) is 0.0833. The Kier molecular flexibility index (Phi) is 7.68. The molecule has 2 amide bonds. The maximum Gasteiger partial charge on any atom is 0.339 e. The molecule has 1 aliphatic rings. The highest BCUT2D eigenvalue weighted by Gasteiger charge is 2.34. The fourth-order valence-corrected chi connectivity index (χ4v) is 5.54. The van der Waals surface area contributed by atoms with Gasteiger partial charge in [-0.05, 0) is 52.9 Å². The van der Waals surface area contributed by atoms with Crippen molar-refractivity contribution < 1.29 is 33.4 Å². The number of hydrogen-bond donors (Lipinski definition) is 4. The average molecular weight is 562 g/mol. The van der Waals surface area contributed by atoms with Crippen LogP contribution in [0.4, 0.5) is 14.5 Å². The second-order valence-corrected chi connectivity index (χ2v) is 10.4. The van der Waals surface area contributed by atoms with E-state index in [2.05, 4.69) is 5.32 Å². The zero-order valence-electron chi connectivity index (χ0n) is 18.6. The van der Waals surface area contributed by atoms with E-state index >= 15 is 0 Å². The van der Waals surface area contributed by atoms with Crippen molar-refractivity contribution in [3.63, 3.8) is 0 Å². The Hall–Kier alpha value is -3.65. The summed E-state index contributed by atoms with van der Waals surface area (Å²) in [4.78, 5) is 38.6. The van der Waals surface area contributed by atoms with Crippen LogP contribution in [0.5, 0.6) is 5.75 Å². The minimum Gasteiger partial charge on any atom is -0.507 e. The number of nitrogens with one attached hydrogen (secondary N) is 1. The zero-order valence-corrected chi connectivity index (χ0v) is 21.1. The van der Waals surface area contributed by atoms with Crippen LogP contribution in [0.2, 0.25) is 0 Å². The molecule has 0 spiro atoms. The Balaban J connectivity index is 1.42. The van der Waals surface area contributed by atoms with E-state index in [0.29, 0.717) is 20.9 Å². The number of hydrogen-bond acceptors (Lipinski definition) is 8. The van der Waals surface area contributed by atoms with E-state index in [4.69, 9.17) is 23.1 Å². The number of carboxylic acids is 1. The second kappa shape index (κ2) is 10.8. The van der Waals surface area contributed by atoms with Crippen molar-refractivity contribution in [3.8, 4) is 16.9 Å². The molecule has 0 aliphatic carbocycles. The van der Waals surface area contributed by atoms with Crippen LogP contribution < -0.4 is 11.1 Å². The number of aromatic hydroxyl groups is 1. The van der Waals surface area contributed by atoms with Gasteiger partial charge in [-0.3, -0.25) is 14.5 Å². The van der Waals surface area contributed by atoms with Gasteiger partial charge >= 0.3 is 5.97 Å². The minimum absolute atomic E-state index is 0.128. The molecule has 1 aromatic heterocycles. The Bertz CT molecular complexity index is 1470. The Labute approximate surface area is 222 Å². The number of rotatable bonds is 7. The third-order valence-corrected chi connectivity index (χ3v) is 7.49. The molecule has 3 aromatic rings. The van der Waals surface area contributed by atoms with Crippen LogP contribution in [0.25, 0.3) is 17.2 Å². The first kappa shape index (κ1) is 26.4. The first-order valence-corrected chi connectivity index (χ1v) is 12.6. The van der Waals surface area contributed by atoms with Gasteiger partial charge in [0, 0.05) is 16.6 Å². The summed E-state index contributed by atoms with van der Waals surface area (Å²) in [7, 11) is 0. The molecule has 1 saturated heterocycles. The summed E-state index contributed by atoms with van der Waals surface area (Å²) in [6.07, 6.45) is 1.62. The summed E-state index contributed by atoms with van der Waals surface area (Å²) in [5.74, 6) is -4.86. The minimum atomic E-state index is -1.32. The Morgan fingerprint density at radius 1 is 1.14 bits per heavy atom. The number of thiocarbonyl (C=S) groups is 1. The molecule has 2 heterocycles. The molecule has 190 valence electrons. The smallest absolute Gasteiger partial charge is 0.339 e. The van der Waals surface area contributed by atoms with Crippen LogP contribution in [0, 0.1) is 11.6 Å². The van der Waals surface area contributed by atoms with Gasteiger partial charge in [0.25, 0.3) is 5.91 Å². The third kappa shape index (κ3) is 5.85. The van der Waals surface area contributed by atoms with E-state index in [1.807, 2.05) is 0 Å². The topological polar surface area (TPSA) is 133 Å². The van der Waals surface area contributed by atoms with Crippen molar-refractivity contribution in [2.75, 3.05) is 11.9 Å². The first-order valence-electron chi connectivity index (χ1n) is 10.5. The lowest BCUT2D eigenvalue weighted by atomic mass is 10.1. The van der Waals surface area contributed by atoms with Crippen molar-refractivity contribution in [1.82, 2.24) is 4.90 Å². The van der Waals surface area contributed by atoms with E-state index in [0.717, 1.165) is 36.0 Å². The second-order valence-electron chi connectivity index (χ2n) is 7.79. The number of carbonyl (C=O) groups excluding carboxylic acids is 2. The summed E-state index contributed by atoms with van der Waals surface area (Å²) in [5.41, 5.74) is 6.92. The van der Waals surface area contributed by atoms with Crippen molar-refractivity contribution in [1.29, 1.82) is 0 Å². The molecule has 0 bridgehead atoms. The largest absolute Gasteiger partial charge is 0.507 e. The number of thioether (sulfide) groups is 1. The van der Waals surface area contributed by atoms with E-state index in [9.17, 15) is 28.3 Å². The van der Waals surface area contributed by atoms with Crippen molar-refractivity contribution >= 4 is 69.2 Å². The normalized spacial score (nSPS) is 15.3. The highest BCUT2D eigenvalue weighted by Crippen LogP contribution is 2.35. The number of nitrogens with two attached hydrogens (primary N) is 1. The number of phenols is 1. The van der Waals surface area contributed by atoms with Gasteiger partial charge in [-0.25, -0.2) is 13.6 Å². The number of nitrogens with zero attached hydrogens (tertiary/aromatic N) is 1. The van der Waals surface area contributed by atoms with Crippen LogP contribution in [0.1, 0.15) is 15.2 Å². The van der Waals surface area contributed by atoms with Crippen LogP contribution in [0.15, 0.2) is 52.7 Å². The van der Waals surface area contributed by atoms with E-state index in [1.54, 1.807) is 17.5 Å². The number of anilines is 1. The molecule has 13 heteroatoms. The van der Waals surface area contributed by atoms with Crippen LogP contribution in [0.3, 0.4) is 0 Å². The molecule has 37 heavy (non-hydrogen) atoms. The molecular formula is C24H17F2N3O5S3. The highest BCUT2D eigenvalue weighted by atomic mass is 32.2. The fourth-order valence-electron chi connectivity index (χ4n) is 3.35. The maximum absolute atomic E-state index is 13.6. The van der Waals surface area contributed by atoms with Crippen molar-refractivity contribution in [3.05, 3.63) is 74.8 Å². The SMILES string of the molecule is N[C@H](CN1C(=O)/C(=C/c2cc(-c3ccc(F)c(F)c3)cs2)SC1=S)C(=O)Nc1ccc(C(=O)O)c(O)c1. The van der Waals surface area contributed by atoms with E-state index in [1.165, 1.54) is 28.4 Å². The van der Waals surface area contributed by atoms with Gasteiger partial charge in [0.15, 0.2) is 11.6 Å². The number of halogens is 2. The molecule has 0 radical (unpaired) electrons. The third-order valence-electron chi connectivity index (χ3n) is 5.23. The van der Waals surface area contributed by atoms with Gasteiger partial charge in [0.2, 0.25) is 5.91 Å². The van der Waals surface area contributed by atoms with E-state index in [-0.39, 0.29) is 22.1 Å². The van der Waals surface area contributed by atoms with Gasteiger partial charge in [-0.15, -0.1) is 11.3 Å². The zero-order chi connectivity index (χ0) is 26.9. The predicted molar refractivity (Wildman–Crippen MR) is 141 cm³/mol. The summed E-state index contributed by atoms with van der Waals surface area (Å²) in [6, 6.07) is 7.65. The summed E-state index contributed by atoms with van der Waals surface area (Å²) in [5, 5.41) is 23.0. The molecule has 8 nitrogen and oxygen atoms in total. The maximum atomic E-state index is 13.6. The highest BCUT2D eigenvalue weighted by molar-refractivity contribution is 8.26. The van der Waals surface area contributed by atoms with Gasteiger partial charge in [0.05, 0.1) is 11.4 Å². The lowest BCUT2D eigenvalue weighted by molar-refractivity contribution is -0.123. The standard InChI is InChI=1S/C24H17F2N3O5S3/c25-16-4-1-11(6-17(16)26)12-5-14(36-10-12)8-20-22(32)29(24(35)37-20)9-18(27)21(31)28-13-2-3-15(23(33)34)19(30)7-13/h1-8,10,18,30H,9,27H2,(H,28,31)(H,33,34)/b20-8-/t18-/m1/s1. The van der Waals surface area contributed by atoms with Gasteiger partial charge < -0.3 is 21.3 Å². The number of aromatic carboxylic acids is 1. The number of carbonyl (C=O) groups is 3. The first-order chi connectivity index (χ1) is 17.5. The Morgan fingerprint density at radius 2 is 1.89 bits per heavy atom. The van der Waals surface area contributed by atoms with Gasteiger partial charge in [-0.2, -0.15) is 0 Å². The van der Waals surface area contributed by atoms with Crippen LogP contribution >= 0.6 is 35.3 Å².